The highest BCUT2D eigenvalue weighted by atomic mass is 19.4. The van der Waals surface area contributed by atoms with Crippen molar-refractivity contribution in [2.75, 3.05) is 32.7 Å². The zero-order chi connectivity index (χ0) is 16.4. The number of hydrogen-bond acceptors (Lipinski definition) is 3. The highest BCUT2D eigenvalue weighted by Crippen LogP contribution is 2.25. The van der Waals surface area contributed by atoms with Crippen LogP contribution in [-0.4, -0.2) is 72.1 Å². The third-order valence-electron chi connectivity index (χ3n) is 3.58. The van der Waals surface area contributed by atoms with Gasteiger partial charge in [-0.2, -0.15) is 26.3 Å². The lowest BCUT2D eigenvalue weighted by molar-refractivity contribution is -0.212. The number of β-amino-alcohol motifs (C(OH)–C–C–N with tert-alkyl or cyclic N) is 1. The van der Waals surface area contributed by atoms with Crippen molar-refractivity contribution in [3.05, 3.63) is 0 Å². The molecule has 0 radical (unpaired) electrons. The molecule has 2 atom stereocenters. The molecule has 0 aromatic heterocycles. The summed E-state index contributed by atoms with van der Waals surface area (Å²) in [7, 11) is 0. The molecule has 0 bridgehead atoms. The molecular formula is C12H20F6N2O. The topological polar surface area (TPSA) is 26.7 Å². The lowest BCUT2D eigenvalue weighted by Gasteiger charge is -2.44. The molecule has 126 valence electrons. The Labute approximate surface area is 119 Å². The van der Waals surface area contributed by atoms with Crippen LogP contribution in [0.1, 0.15) is 13.8 Å². The van der Waals surface area contributed by atoms with Gasteiger partial charge in [0.1, 0.15) is 0 Å². The minimum Gasteiger partial charge on any atom is -0.382 e. The van der Waals surface area contributed by atoms with Gasteiger partial charge in [-0.25, -0.2) is 0 Å². The normalized spacial score (nSPS) is 24.6. The van der Waals surface area contributed by atoms with E-state index in [1.54, 1.807) is 13.8 Å². The Bertz CT molecular complexity index is 331. The highest BCUT2D eigenvalue weighted by molar-refractivity contribution is 4.87. The van der Waals surface area contributed by atoms with Crippen LogP contribution in [0.15, 0.2) is 0 Å². The monoisotopic (exact) mass is 322 g/mol. The molecule has 1 N–H and O–H groups in total. The molecular weight excluding hydrogens is 302 g/mol. The molecule has 1 rings (SSSR count). The molecule has 0 spiro atoms. The van der Waals surface area contributed by atoms with Gasteiger partial charge in [-0.15, -0.1) is 0 Å². The summed E-state index contributed by atoms with van der Waals surface area (Å²) >= 11 is 0. The van der Waals surface area contributed by atoms with Crippen molar-refractivity contribution in [3.63, 3.8) is 0 Å². The SMILES string of the molecule is CC(C)[C@H]1CN(CC(F)(F)F)CCN1C[C@@H](O)C(F)(F)F. The Morgan fingerprint density at radius 1 is 1.10 bits per heavy atom. The quantitative estimate of drug-likeness (QED) is 0.803. The van der Waals surface area contributed by atoms with Gasteiger partial charge in [0.05, 0.1) is 6.54 Å². The average Bonchev–Trinajstić information content (AvgIpc) is 2.27. The van der Waals surface area contributed by atoms with Gasteiger partial charge in [0.2, 0.25) is 0 Å². The largest absolute Gasteiger partial charge is 0.415 e. The van der Waals surface area contributed by atoms with Crippen LogP contribution in [0.4, 0.5) is 26.3 Å². The van der Waals surface area contributed by atoms with Crippen molar-refractivity contribution in [1.82, 2.24) is 9.80 Å². The van der Waals surface area contributed by atoms with E-state index in [1.165, 1.54) is 9.80 Å². The Morgan fingerprint density at radius 2 is 1.67 bits per heavy atom. The van der Waals surface area contributed by atoms with Crippen LogP contribution in [0.5, 0.6) is 0 Å². The number of aliphatic hydroxyl groups excluding tert-OH is 1. The van der Waals surface area contributed by atoms with Crippen molar-refractivity contribution in [3.8, 4) is 0 Å². The van der Waals surface area contributed by atoms with E-state index in [9.17, 15) is 26.3 Å². The number of aliphatic hydroxyl groups is 1. The third-order valence-corrected chi connectivity index (χ3v) is 3.58. The molecule has 1 aliphatic heterocycles. The number of nitrogens with zero attached hydrogens (tertiary/aromatic N) is 2. The van der Waals surface area contributed by atoms with Crippen LogP contribution in [-0.2, 0) is 0 Å². The number of rotatable bonds is 4. The van der Waals surface area contributed by atoms with Crippen molar-refractivity contribution in [2.45, 2.75) is 38.3 Å². The van der Waals surface area contributed by atoms with E-state index < -0.39 is 37.6 Å². The maximum absolute atomic E-state index is 12.4. The first-order valence-corrected chi connectivity index (χ1v) is 6.68. The van der Waals surface area contributed by atoms with Gasteiger partial charge in [-0.3, -0.25) is 9.80 Å². The Balaban J connectivity index is 2.67. The van der Waals surface area contributed by atoms with Crippen molar-refractivity contribution >= 4 is 0 Å². The van der Waals surface area contributed by atoms with E-state index in [2.05, 4.69) is 0 Å². The number of halogens is 6. The minimum absolute atomic E-state index is 0.0350. The molecule has 0 amide bonds. The van der Waals surface area contributed by atoms with E-state index in [0.29, 0.717) is 0 Å². The molecule has 0 aliphatic carbocycles. The van der Waals surface area contributed by atoms with E-state index in [0.717, 1.165) is 0 Å². The zero-order valence-electron chi connectivity index (χ0n) is 11.9. The van der Waals surface area contributed by atoms with Crippen LogP contribution < -0.4 is 0 Å². The summed E-state index contributed by atoms with van der Waals surface area (Å²) in [6, 6.07) is -0.446. The molecule has 1 saturated heterocycles. The Kier molecular flexibility index (Phi) is 5.91. The summed E-state index contributed by atoms with van der Waals surface area (Å²) in [5, 5.41) is 9.13. The summed E-state index contributed by atoms with van der Waals surface area (Å²) in [5.74, 6) is -0.110. The maximum Gasteiger partial charge on any atom is 0.415 e. The predicted molar refractivity (Wildman–Crippen MR) is 64.8 cm³/mol. The maximum atomic E-state index is 12.4. The molecule has 0 unspecified atom stereocenters. The van der Waals surface area contributed by atoms with Gasteiger partial charge in [0.15, 0.2) is 6.10 Å². The summed E-state index contributed by atoms with van der Waals surface area (Å²) in [6.07, 6.45) is -11.5. The Hall–Kier alpha value is -0.540. The van der Waals surface area contributed by atoms with Crippen LogP contribution in [0.2, 0.25) is 0 Å². The van der Waals surface area contributed by atoms with Crippen LogP contribution in [0, 0.1) is 5.92 Å². The van der Waals surface area contributed by atoms with Crippen LogP contribution in [0.3, 0.4) is 0 Å². The fourth-order valence-corrected chi connectivity index (χ4v) is 2.49. The second-order valence-electron chi connectivity index (χ2n) is 5.71. The van der Waals surface area contributed by atoms with Crippen LogP contribution >= 0.6 is 0 Å². The predicted octanol–water partition coefficient (Wildman–Crippen LogP) is 2.11. The number of hydrogen-bond donors (Lipinski definition) is 1. The van der Waals surface area contributed by atoms with Gasteiger partial charge >= 0.3 is 12.4 Å². The molecule has 9 heteroatoms. The Morgan fingerprint density at radius 3 is 2.10 bits per heavy atom. The first-order chi connectivity index (χ1) is 9.40. The minimum atomic E-state index is -4.72. The molecule has 0 saturated carbocycles. The van der Waals surface area contributed by atoms with E-state index >= 15 is 0 Å². The highest BCUT2D eigenvalue weighted by Gasteiger charge is 2.42. The van der Waals surface area contributed by atoms with E-state index in [-0.39, 0.29) is 25.6 Å². The number of alkyl halides is 6. The van der Waals surface area contributed by atoms with Gasteiger partial charge in [0, 0.05) is 32.2 Å². The second kappa shape index (κ2) is 6.70. The lowest BCUT2D eigenvalue weighted by atomic mass is 9.99. The van der Waals surface area contributed by atoms with Gasteiger partial charge in [-0.1, -0.05) is 13.8 Å². The molecule has 1 heterocycles. The molecule has 0 aromatic carbocycles. The molecule has 0 aromatic rings. The van der Waals surface area contributed by atoms with Crippen molar-refractivity contribution < 1.29 is 31.4 Å². The molecule has 1 fully saturated rings. The second-order valence-corrected chi connectivity index (χ2v) is 5.71. The summed E-state index contributed by atoms with van der Waals surface area (Å²) in [5.41, 5.74) is 0. The fraction of sp³-hybridized carbons (Fsp3) is 1.00. The summed E-state index contributed by atoms with van der Waals surface area (Å²) < 4.78 is 74.4. The van der Waals surface area contributed by atoms with E-state index in [1.807, 2.05) is 0 Å². The van der Waals surface area contributed by atoms with Gasteiger partial charge < -0.3 is 5.11 Å². The first kappa shape index (κ1) is 18.5. The van der Waals surface area contributed by atoms with E-state index in [4.69, 9.17) is 5.11 Å². The average molecular weight is 322 g/mol. The van der Waals surface area contributed by atoms with Crippen molar-refractivity contribution in [1.29, 1.82) is 0 Å². The third kappa shape index (κ3) is 5.99. The van der Waals surface area contributed by atoms with Gasteiger partial charge in [-0.05, 0) is 5.92 Å². The first-order valence-electron chi connectivity index (χ1n) is 6.68. The number of piperazine rings is 1. The molecule has 21 heavy (non-hydrogen) atoms. The van der Waals surface area contributed by atoms with Crippen molar-refractivity contribution in [2.24, 2.45) is 5.92 Å². The standard InChI is InChI=1S/C12H20F6N2O/c1-8(2)9-5-19(7-11(13,14)15)3-4-20(9)6-10(21)12(16,17)18/h8-10,21H,3-7H2,1-2H3/t9-,10-/m1/s1. The molecule has 3 nitrogen and oxygen atoms in total. The fourth-order valence-electron chi connectivity index (χ4n) is 2.49. The smallest absolute Gasteiger partial charge is 0.382 e. The lowest BCUT2D eigenvalue weighted by Crippen LogP contribution is -2.59. The summed E-state index contributed by atoms with van der Waals surface area (Å²) in [4.78, 5) is 2.62. The zero-order valence-corrected chi connectivity index (χ0v) is 11.9. The summed E-state index contributed by atoms with van der Waals surface area (Å²) in [6.45, 7) is 1.97. The van der Waals surface area contributed by atoms with Gasteiger partial charge in [0.25, 0.3) is 0 Å². The molecule has 1 aliphatic rings. The van der Waals surface area contributed by atoms with Crippen LogP contribution in [0.25, 0.3) is 0 Å².